The Balaban J connectivity index is 1.48. The Morgan fingerprint density at radius 2 is 2.14 bits per heavy atom. The van der Waals surface area contributed by atoms with Gasteiger partial charge in [-0.05, 0) is 43.0 Å². The van der Waals surface area contributed by atoms with E-state index in [2.05, 4.69) is 44.9 Å². The molecule has 152 valence electrons. The second kappa shape index (κ2) is 9.07. The summed E-state index contributed by atoms with van der Waals surface area (Å²) in [5.74, 6) is 1.11. The molecule has 1 aliphatic heterocycles. The molecule has 6 nitrogen and oxygen atoms in total. The summed E-state index contributed by atoms with van der Waals surface area (Å²) in [7, 11) is 0. The Bertz CT molecular complexity index is 952. The Morgan fingerprint density at radius 3 is 2.97 bits per heavy atom. The maximum Gasteiger partial charge on any atom is 0.225 e. The normalized spacial score (nSPS) is 16.9. The number of carbonyl (C=O) groups excluding carboxylic acids is 1. The van der Waals surface area contributed by atoms with E-state index in [0.717, 1.165) is 55.8 Å². The molecule has 1 atom stereocenters. The molecule has 0 bridgehead atoms. The van der Waals surface area contributed by atoms with Crippen LogP contribution >= 0.6 is 0 Å². The monoisotopic (exact) mass is 391 g/mol. The minimum absolute atomic E-state index is 0.0140. The molecule has 1 aromatic carbocycles. The largest absolute Gasteiger partial charge is 0.352 e. The molecule has 0 spiro atoms. The number of fused-ring (bicyclic) bond motifs is 1. The fourth-order valence-corrected chi connectivity index (χ4v) is 4.05. The number of unbranched alkanes of at least 4 members (excludes halogenated alkanes) is 1. The summed E-state index contributed by atoms with van der Waals surface area (Å²) in [4.78, 5) is 24.1. The molecule has 4 rings (SSSR count). The van der Waals surface area contributed by atoms with Crippen molar-refractivity contribution >= 4 is 22.9 Å². The molecule has 1 amide bonds. The molecule has 1 aliphatic rings. The van der Waals surface area contributed by atoms with Crippen molar-refractivity contribution in [2.75, 3.05) is 18.0 Å². The summed E-state index contributed by atoms with van der Waals surface area (Å²) < 4.78 is 2.33. The van der Waals surface area contributed by atoms with Crippen LogP contribution < -0.4 is 10.2 Å². The number of imidazole rings is 1. The quantitative estimate of drug-likeness (QED) is 0.666. The zero-order valence-corrected chi connectivity index (χ0v) is 17.1. The van der Waals surface area contributed by atoms with Crippen LogP contribution in [0.2, 0.25) is 0 Å². The SMILES string of the molecule is CCCCn1c(N2CCC[C@H](C(=O)NCc3cccnc3)C2)nc2ccccc21. The molecule has 3 aromatic rings. The van der Waals surface area contributed by atoms with Crippen molar-refractivity contribution in [3.63, 3.8) is 0 Å². The highest BCUT2D eigenvalue weighted by Crippen LogP contribution is 2.27. The number of rotatable bonds is 7. The molecule has 0 unspecified atom stereocenters. The predicted octanol–water partition coefficient (Wildman–Crippen LogP) is 3.76. The maximum atomic E-state index is 12.8. The fourth-order valence-electron chi connectivity index (χ4n) is 4.05. The van der Waals surface area contributed by atoms with Gasteiger partial charge in [0.15, 0.2) is 0 Å². The molecule has 1 saturated heterocycles. The number of nitrogens with zero attached hydrogens (tertiary/aromatic N) is 4. The van der Waals surface area contributed by atoms with Crippen LogP contribution in [0, 0.1) is 5.92 Å². The zero-order valence-electron chi connectivity index (χ0n) is 17.1. The van der Waals surface area contributed by atoms with Crippen LogP contribution in [-0.4, -0.2) is 33.5 Å². The van der Waals surface area contributed by atoms with E-state index in [9.17, 15) is 4.79 Å². The second-order valence-corrected chi connectivity index (χ2v) is 7.77. The number of hydrogen-bond acceptors (Lipinski definition) is 4. The molecular formula is C23H29N5O. The van der Waals surface area contributed by atoms with E-state index in [-0.39, 0.29) is 11.8 Å². The van der Waals surface area contributed by atoms with Crippen molar-refractivity contribution in [3.05, 3.63) is 54.4 Å². The number of amides is 1. The molecule has 0 aliphatic carbocycles. The molecule has 2 aromatic heterocycles. The van der Waals surface area contributed by atoms with Crippen LogP contribution in [0.25, 0.3) is 11.0 Å². The lowest BCUT2D eigenvalue weighted by Crippen LogP contribution is -2.43. The van der Waals surface area contributed by atoms with E-state index in [1.54, 1.807) is 12.4 Å². The smallest absolute Gasteiger partial charge is 0.225 e. The average molecular weight is 392 g/mol. The highest BCUT2D eigenvalue weighted by molar-refractivity contribution is 5.81. The Kier molecular flexibility index (Phi) is 6.08. The van der Waals surface area contributed by atoms with Gasteiger partial charge < -0.3 is 14.8 Å². The van der Waals surface area contributed by atoms with Crippen molar-refractivity contribution in [2.45, 2.75) is 45.7 Å². The fraction of sp³-hybridized carbons (Fsp3) is 0.435. The second-order valence-electron chi connectivity index (χ2n) is 7.77. The number of anilines is 1. The van der Waals surface area contributed by atoms with E-state index in [1.807, 2.05) is 18.2 Å². The van der Waals surface area contributed by atoms with Crippen LogP contribution in [0.1, 0.15) is 38.2 Å². The number of nitrogens with one attached hydrogen (secondary N) is 1. The molecule has 1 N–H and O–H groups in total. The average Bonchev–Trinajstić information content (AvgIpc) is 3.15. The van der Waals surface area contributed by atoms with Crippen molar-refractivity contribution < 1.29 is 4.79 Å². The lowest BCUT2D eigenvalue weighted by molar-refractivity contribution is -0.125. The van der Waals surface area contributed by atoms with Crippen LogP contribution in [0.3, 0.4) is 0 Å². The third kappa shape index (κ3) is 4.42. The van der Waals surface area contributed by atoms with Gasteiger partial charge in [0.05, 0.1) is 17.0 Å². The van der Waals surface area contributed by atoms with E-state index in [0.29, 0.717) is 13.1 Å². The van der Waals surface area contributed by atoms with Gasteiger partial charge >= 0.3 is 0 Å². The Morgan fingerprint density at radius 1 is 1.24 bits per heavy atom. The standard InChI is InChI=1S/C23H29N5O/c1-2-3-14-28-21-11-5-4-10-20(21)26-23(28)27-13-7-9-19(17-27)22(29)25-16-18-8-6-12-24-15-18/h4-6,8,10-12,15,19H,2-3,7,9,13-14,16-17H2,1H3,(H,25,29)/t19-/m0/s1. The number of hydrogen-bond donors (Lipinski definition) is 1. The summed E-state index contributed by atoms with van der Waals surface area (Å²) in [6, 6.07) is 12.2. The van der Waals surface area contributed by atoms with Gasteiger partial charge in [-0.3, -0.25) is 9.78 Å². The first kappa shape index (κ1) is 19.4. The minimum Gasteiger partial charge on any atom is -0.352 e. The molecule has 6 heteroatoms. The Hall–Kier alpha value is -2.89. The molecule has 0 radical (unpaired) electrons. The van der Waals surface area contributed by atoms with Gasteiger partial charge in [-0.2, -0.15) is 0 Å². The van der Waals surface area contributed by atoms with E-state index in [1.165, 1.54) is 5.52 Å². The lowest BCUT2D eigenvalue weighted by atomic mass is 9.97. The van der Waals surface area contributed by atoms with Gasteiger partial charge in [0.25, 0.3) is 0 Å². The third-order valence-corrected chi connectivity index (χ3v) is 5.63. The van der Waals surface area contributed by atoms with Crippen LogP contribution in [-0.2, 0) is 17.9 Å². The first-order chi connectivity index (χ1) is 14.3. The summed E-state index contributed by atoms with van der Waals surface area (Å²) in [6.45, 7) is 5.36. The molecule has 0 saturated carbocycles. The number of aryl methyl sites for hydroxylation is 1. The highest BCUT2D eigenvalue weighted by atomic mass is 16.1. The van der Waals surface area contributed by atoms with Crippen molar-refractivity contribution in [1.29, 1.82) is 0 Å². The van der Waals surface area contributed by atoms with Crippen LogP contribution in [0.15, 0.2) is 48.8 Å². The molecule has 29 heavy (non-hydrogen) atoms. The van der Waals surface area contributed by atoms with Gasteiger partial charge in [0, 0.05) is 38.6 Å². The number of piperidine rings is 1. The third-order valence-electron chi connectivity index (χ3n) is 5.63. The van der Waals surface area contributed by atoms with Crippen LogP contribution in [0.4, 0.5) is 5.95 Å². The number of aromatic nitrogens is 3. The van der Waals surface area contributed by atoms with Crippen molar-refractivity contribution in [2.24, 2.45) is 5.92 Å². The summed E-state index contributed by atoms with van der Waals surface area (Å²) in [5, 5.41) is 3.08. The predicted molar refractivity (Wildman–Crippen MR) is 116 cm³/mol. The summed E-state index contributed by atoms with van der Waals surface area (Å²) >= 11 is 0. The maximum absolute atomic E-state index is 12.8. The number of carbonyl (C=O) groups is 1. The zero-order chi connectivity index (χ0) is 20.1. The first-order valence-electron chi connectivity index (χ1n) is 10.6. The number of para-hydroxylation sites is 2. The highest BCUT2D eigenvalue weighted by Gasteiger charge is 2.28. The minimum atomic E-state index is -0.0140. The summed E-state index contributed by atoms with van der Waals surface area (Å²) in [5.41, 5.74) is 3.23. The molecule has 1 fully saturated rings. The van der Waals surface area contributed by atoms with Crippen LogP contribution in [0.5, 0.6) is 0 Å². The van der Waals surface area contributed by atoms with E-state index < -0.39 is 0 Å². The molecular weight excluding hydrogens is 362 g/mol. The van der Waals surface area contributed by atoms with Gasteiger partial charge in [0.1, 0.15) is 0 Å². The van der Waals surface area contributed by atoms with Crippen molar-refractivity contribution in [3.8, 4) is 0 Å². The van der Waals surface area contributed by atoms with Gasteiger partial charge in [-0.15, -0.1) is 0 Å². The topological polar surface area (TPSA) is 63.1 Å². The Labute approximate surface area is 172 Å². The number of benzene rings is 1. The van der Waals surface area contributed by atoms with Gasteiger partial charge in [-0.1, -0.05) is 31.5 Å². The molecule has 3 heterocycles. The summed E-state index contributed by atoms with van der Waals surface area (Å²) in [6.07, 6.45) is 7.73. The first-order valence-corrected chi connectivity index (χ1v) is 10.6. The van der Waals surface area contributed by atoms with Crippen molar-refractivity contribution in [1.82, 2.24) is 19.9 Å². The van der Waals surface area contributed by atoms with Gasteiger partial charge in [-0.25, -0.2) is 4.98 Å². The number of pyridine rings is 1. The van der Waals surface area contributed by atoms with E-state index in [4.69, 9.17) is 4.98 Å². The lowest BCUT2D eigenvalue weighted by Gasteiger charge is -2.33. The van der Waals surface area contributed by atoms with E-state index >= 15 is 0 Å². The van der Waals surface area contributed by atoms with Gasteiger partial charge in [0.2, 0.25) is 11.9 Å².